The summed E-state index contributed by atoms with van der Waals surface area (Å²) in [6.07, 6.45) is 1.33. The third kappa shape index (κ3) is 5.28. The fourth-order valence-electron chi connectivity index (χ4n) is 2.85. The van der Waals surface area contributed by atoms with Crippen molar-refractivity contribution in [3.05, 3.63) is 46.8 Å². The molecule has 0 saturated carbocycles. The number of sulfonamides is 1. The van der Waals surface area contributed by atoms with Crippen molar-refractivity contribution in [3.63, 3.8) is 0 Å². The maximum Gasteiger partial charge on any atom is 0.250 e. The molecule has 0 bridgehead atoms. The molecule has 6 nitrogen and oxygen atoms in total. The Kier molecular flexibility index (Phi) is 6.31. The average Bonchev–Trinajstić information content (AvgIpc) is 3.05. The van der Waals surface area contributed by atoms with Gasteiger partial charge in [-0.15, -0.1) is 11.3 Å². The molecule has 3 rings (SSSR count). The number of nitrogens with zero attached hydrogens (tertiary/aromatic N) is 1. The maximum absolute atomic E-state index is 12.3. The van der Waals surface area contributed by atoms with Gasteiger partial charge in [-0.2, -0.15) is 0 Å². The third-order valence-corrected chi connectivity index (χ3v) is 7.39. The minimum atomic E-state index is -3.53. The van der Waals surface area contributed by atoms with Crippen LogP contribution < -0.4 is 10.0 Å². The summed E-state index contributed by atoms with van der Waals surface area (Å²) in [5, 5.41) is 2.86. The van der Waals surface area contributed by atoms with E-state index < -0.39 is 10.0 Å². The monoisotopic (exact) mass is 413 g/mol. The lowest BCUT2D eigenvalue weighted by atomic mass is 10.1. The molecule has 2 N–H and O–H groups in total. The second kappa shape index (κ2) is 8.49. The van der Waals surface area contributed by atoms with E-state index in [4.69, 9.17) is 11.6 Å². The van der Waals surface area contributed by atoms with Crippen LogP contribution in [0.3, 0.4) is 0 Å². The highest BCUT2D eigenvalue weighted by atomic mass is 35.5. The molecule has 26 heavy (non-hydrogen) atoms. The van der Waals surface area contributed by atoms with E-state index in [-0.39, 0.29) is 16.2 Å². The zero-order valence-corrected chi connectivity index (χ0v) is 16.4. The van der Waals surface area contributed by atoms with Gasteiger partial charge in [0.2, 0.25) is 15.9 Å². The van der Waals surface area contributed by atoms with Gasteiger partial charge in [0.25, 0.3) is 0 Å². The Bertz CT molecular complexity index is 847. The van der Waals surface area contributed by atoms with Gasteiger partial charge in [0.15, 0.2) is 0 Å². The lowest BCUT2D eigenvalue weighted by Gasteiger charge is -2.31. The summed E-state index contributed by atoms with van der Waals surface area (Å²) in [6, 6.07) is 12.3. The number of rotatable bonds is 6. The largest absolute Gasteiger partial charge is 0.325 e. The molecule has 2 aromatic rings. The van der Waals surface area contributed by atoms with Gasteiger partial charge in [0.1, 0.15) is 4.21 Å². The van der Waals surface area contributed by atoms with Crippen LogP contribution in [0.4, 0.5) is 5.69 Å². The predicted molar refractivity (Wildman–Crippen MR) is 104 cm³/mol. The first-order chi connectivity index (χ1) is 12.4. The molecular weight excluding hydrogens is 394 g/mol. The van der Waals surface area contributed by atoms with Gasteiger partial charge >= 0.3 is 0 Å². The number of hydrogen-bond donors (Lipinski definition) is 2. The van der Waals surface area contributed by atoms with Crippen LogP contribution in [-0.4, -0.2) is 44.9 Å². The number of amides is 1. The molecule has 1 aromatic heterocycles. The van der Waals surface area contributed by atoms with Gasteiger partial charge in [-0.25, -0.2) is 13.1 Å². The quantitative estimate of drug-likeness (QED) is 0.763. The number of carbonyl (C=O) groups is 1. The Morgan fingerprint density at radius 2 is 1.85 bits per heavy atom. The zero-order valence-electron chi connectivity index (χ0n) is 14.0. The smallest absolute Gasteiger partial charge is 0.250 e. The van der Waals surface area contributed by atoms with Crippen molar-refractivity contribution in [1.82, 2.24) is 9.62 Å². The van der Waals surface area contributed by atoms with Crippen molar-refractivity contribution in [2.24, 2.45) is 0 Å². The topological polar surface area (TPSA) is 78.5 Å². The number of anilines is 1. The summed E-state index contributed by atoms with van der Waals surface area (Å²) >= 11 is 6.86. The average molecular weight is 414 g/mol. The number of benzene rings is 1. The molecule has 1 amide bonds. The summed E-state index contributed by atoms with van der Waals surface area (Å²) in [5.74, 6) is -0.0662. The highest BCUT2D eigenvalue weighted by Gasteiger charge is 2.26. The first kappa shape index (κ1) is 19.3. The number of para-hydroxylation sites is 1. The molecule has 1 saturated heterocycles. The molecule has 140 valence electrons. The molecule has 0 aliphatic carbocycles. The molecular formula is C17H20ClN3O3S2. The number of likely N-dealkylation sites (tertiary alicyclic amines) is 1. The van der Waals surface area contributed by atoms with Crippen LogP contribution in [0.15, 0.2) is 46.7 Å². The van der Waals surface area contributed by atoms with Gasteiger partial charge in [-0.3, -0.25) is 9.69 Å². The van der Waals surface area contributed by atoms with Crippen molar-refractivity contribution < 1.29 is 13.2 Å². The molecule has 2 heterocycles. The fraction of sp³-hybridized carbons (Fsp3) is 0.353. The van der Waals surface area contributed by atoms with Crippen LogP contribution in [0, 0.1) is 0 Å². The molecule has 1 aromatic carbocycles. The number of thiophene rings is 1. The van der Waals surface area contributed by atoms with E-state index in [2.05, 4.69) is 10.0 Å². The third-order valence-electron chi connectivity index (χ3n) is 4.15. The Morgan fingerprint density at radius 3 is 2.46 bits per heavy atom. The molecule has 1 fully saturated rings. The molecule has 0 radical (unpaired) electrons. The number of halogens is 1. The van der Waals surface area contributed by atoms with Crippen molar-refractivity contribution in [1.29, 1.82) is 0 Å². The highest BCUT2D eigenvalue weighted by molar-refractivity contribution is 7.91. The number of nitrogens with one attached hydrogen (secondary N) is 2. The molecule has 1 aliphatic heterocycles. The van der Waals surface area contributed by atoms with Crippen molar-refractivity contribution >= 4 is 44.6 Å². The fourth-order valence-corrected chi connectivity index (χ4v) is 5.66. The molecule has 0 unspecified atom stereocenters. The van der Waals surface area contributed by atoms with Crippen LogP contribution in [-0.2, 0) is 14.8 Å². The molecule has 1 aliphatic rings. The molecule has 0 atom stereocenters. The van der Waals surface area contributed by atoms with Crippen LogP contribution in [0.2, 0.25) is 4.34 Å². The number of carbonyl (C=O) groups excluding carboxylic acids is 1. The Balaban J connectivity index is 1.46. The molecule has 9 heteroatoms. The minimum Gasteiger partial charge on any atom is -0.325 e. The maximum atomic E-state index is 12.3. The Labute approximate surface area is 162 Å². The zero-order chi connectivity index (χ0) is 18.6. The van der Waals surface area contributed by atoms with Crippen molar-refractivity contribution in [2.75, 3.05) is 25.0 Å². The first-order valence-electron chi connectivity index (χ1n) is 8.27. The van der Waals surface area contributed by atoms with Crippen LogP contribution >= 0.6 is 22.9 Å². The van der Waals surface area contributed by atoms with Crippen LogP contribution in [0.1, 0.15) is 12.8 Å². The van der Waals surface area contributed by atoms with Crippen LogP contribution in [0.25, 0.3) is 0 Å². The van der Waals surface area contributed by atoms with Gasteiger partial charge in [0.05, 0.1) is 10.9 Å². The SMILES string of the molecule is O=C(CN1CCC(NS(=O)(=O)c2ccc(Cl)s2)CC1)Nc1ccccc1. The second-order valence-corrected chi connectivity index (χ2v) is 9.80. The van der Waals surface area contributed by atoms with Gasteiger partial charge in [0, 0.05) is 24.8 Å². The van der Waals surface area contributed by atoms with Gasteiger partial charge < -0.3 is 5.32 Å². The first-order valence-corrected chi connectivity index (χ1v) is 10.9. The summed E-state index contributed by atoms with van der Waals surface area (Å²) < 4.78 is 28.1. The lowest BCUT2D eigenvalue weighted by molar-refractivity contribution is -0.117. The predicted octanol–water partition coefficient (Wildman–Crippen LogP) is 2.78. The van der Waals surface area contributed by atoms with Gasteiger partial charge in [-0.05, 0) is 37.1 Å². The minimum absolute atomic E-state index is 0.0662. The Morgan fingerprint density at radius 1 is 1.15 bits per heavy atom. The van der Waals surface area contributed by atoms with E-state index in [9.17, 15) is 13.2 Å². The number of hydrogen-bond acceptors (Lipinski definition) is 5. The van der Waals surface area contributed by atoms with Crippen molar-refractivity contribution in [2.45, 2.75) is 23.1 Å². The van der Waals surface area contributed by atoms with E-state index in [0.717, 1.165) is 17.0 Å². The molecule has 0 spiro atoms. The van der Waals surface area contributed by atoms with Crippen LogP contribution in [0.5, 0.6) is 0 Å². The highest BCUT2D eigenvalue weighted by Crippen LogP contribution is 2.26. The summed E-state index contributed by atoms with van der Waals surface area (Å²) in [7, 11) is -3.53. The van der Waals surface area contributed by atoms with Crippen molar-refractivity contribution in [3.8, 4) is 0 Å². The summed E-state index contributed by atoms with van der Waals surface area (Å²) in [4.78, 5) is 14.1. The van der Waals surface area contributed by atoms with Gasteiger partial charge in [-0.1, -0.05) is 29.8 Å². The van der Waals surface area contributed by atoms with E-state index in [0.29, 0.717) is 36.8 Å². The Hall–Kier alpha value is -1.45. The lowest BCUT2D eigenvalue weighted by Crippen LogP contribution is -2.46. The van der Waals surface area contributed by atoms with E-state index >= 15 is 0 Å². The summed E-state index contributed by atoms with van der Waals surface area (Å²) in [6.45, 7) is 1.64. The second-order valence-electron chi connectivity index (χ2n) is 6.14. The summed E-state index contributed by atoms with van der Waals surface area (Å²) in [5.41, 5.74) is 0.773. The van der Waals surface area contributed by atoms with E-state index in [1.54, 1.807) is 6.07 Å². The number of piperidine rings is 1. The van der Waals surface area contributed by atoms with E-state index in [1.807, 2.05) is 35.2 Å². The van der Waals surface area contributed by atoms with E-state index in [1.165, 1.54) is 6.07 Å². The standard InChI is InChI=1S/C17H20ClN3O3S2/c18-15-6-7-17(25-15)26(23,24)20-14-8-10-21(11-9-14)12-16(22)19-13-4-2-1-3-5-13/h1-7,14,20H,8-12H2,(H,19,22). The normalized spacial score (nSPS) is 16.5.